The number of anilines is 1. The van der Waals surface area contributed by atoms with Gasteiger partial charge in [0.05, 0.1) is 12.5 Å². The predicted octanol–water partition coefficient (Wildman–Crippen LogP) is 3.75. The monoisotopic (exact) mass is 275 g/mol. The van der Waals surface area contributed by atoms with Gasteiger partial charge >= 0.3 is 0 Å². The zero-order valence-corrected chi connectivity index (χ0v) is 11.3. The first-order valence-corrected chi connectivity index (χ1v) is 6.77. The largest absolute Gasteiger partial charge is 0.472 e. The molecule has 4 rings (SSSR count). The molecule has 0 amide bonds. The number of fused-ring (bicyclic) bond motifs is 1. The first kappa shape index (κ1) is 11.9. The lowest BCUT2D eigenvalue weighted by atomic mass is 9.97. The van der Waals surface area contributed by atoms with Crippen LogP contribution >= 0.6 is 0 Å². The molecule has 0 atom stereocenters. The minimum atomic E-state index is 0.841. The van der Waals surface area contributed by atoms with Crippen molar-refractivity contribution in [2.24, 2.45) is 0 Å². The van der Waals surface area contributed by atoms with Gasteiger partial charge in [0.1, 0.15) is 5.82 Å². The van der Waals surface area contributed by atoms with Crippen molar-refractivity contribution >= 4 is 11.4 Å². The molecule has 0 saturated heterocycles. The number of allylic oxidation sites excluding steroid dienone is 1. The summed E-state index contributed by atoms with van der Waals surface area (Å²) in [4.78, 5) is 8.56. The molecular weight excluding hydrogens is 262 g/mol. The van der Waals surface area contributed by atoms with Gasteiger partial charge in [-0.15, -0.1) is 0 Å². The van der Waals surface area contributed by atoms with E-state index in [1.807, 2.05) is 30.6 Å². The number of aromatic nitrogens is 2. The molecule has 21 heavy (non-hydrogen) atoms. The maximum absolute atomic E-state index is 5.16. The smallest absolute Gasteiger partial charge is 0.133 e. The highest BCUT2D eigenvalue weighted by Crippen LogP contribution is 2.30. The summed E-state index contributed by atoms with van der Waals surface area (Å²) in [6, 6.07) is 8.13. The topological polar surface area (TPSA) is 51.0 Å². The Hall–Kier alpha value is -2.88. The van der Waals surface area contributed by atoms with E-state index in [-0.39, 0.29) is 0 Å². The van der Waals surface area contributed by atoms with Crippen molar-refractivity contribution in [2.75, 3.05) is 5.32 Å². The van der Waals surface area contributed by atoms with E-state index in [4.69, 9.17) is 4.42 Å². The van der Waals surface area contributed by atoms with Crippen LogP contribution in [0.5, 0.6) is 0 Å². The highest BCUT2D eigenvalue weighted by molar-refractivity contribution is 5.76. The third-order valence-corrected chi connectivity index (χ3v) is 3.64. The van der Waals surface area contributed by atoms with Crippen LogP contribution in [0.25, 0.3) is 16.7 Å². The Labute approximate surface area is 122 Å². The zero-order chi connectivity index (χ0) is 14.1. The van der Waals surface area contributed by atoms with Crippen LogP contribution in [-0.2, 0) is 6.42 Å². The maximum Gasteiger partial charge on any atom is 0.133 e. The van der Waals surface area contributed by atoms with Crippen LogP contribution in [0.2, 0.25) is 0 Å². The molecule has 0 spiro atoms. The number of furan rings is 1. The third kappa shape index (κ3) is 2.21. The van der Waals surface area contributed by atoms with E-state index >= 15 is 0 Å². The summed E-state index contributed by atoms with van der Waals surface area (Å²) in [6.07, 6.45) is 11.8. The molecule has 4 nitrogen and oxygen atoms in total. The van der Waals surface area contributed by atoms with E-state index < -0.39 is 0 Å². The summed E-state index contributed by atoms with van der Waals surface area (Å²) in [5, 5.41) is 3.25. The fourth-order valence-corrected chi connectivity index (χ4v) is 2.52. The zero-order valence-electron chi connectivity index (χ0n) is 11.3. The summed E-state index contributed by atoms with van der Waals surface area (Å²) in [7, 11) is 0. The summed E-state index contributed by atoms with van der Waals surface area (Å²) >= 11 is 0. The number of hydrogen-bond donors (Lipinski definition) is 1. The molecule has 3 aromatic heterocycles. The Morgan fingerprint density at radius 3 is 2.76 bits per heavy atom. The van der Waals surface area contributed by atoms with Crippen molar-refractivity contribution in [3.8, 4) is 11.1 Å². The lowest BCUT2D eigenvalue weighted by Gasteiger charge is -2.17. The van der Waals surface area contributed by atoms with E-state index in [0.717, 1.165) is 28.9 Å². The second kappa shape index (κ2) is 4.90. The molecule has 0 radical (unpaired) electrons. The summed E-state index contributed by atoms with van der Waals surface area (Å²) < 4.78 is 5.16. The van der Waals surface area contributed by atoms with Gasteiger partial charge in [-0.05, 0) is 41.0 Å². The molecule has 1 aliphatic rings. The fraction of sp³-hybridized carbons (Fsp3) is 0.0588. The lowest BCUT2D eigenvalue weighted by molar-refractivity contribution is 0.566. The van der Waals surface area contributed by atoms with Crippen molar-refractivity contribution in [3.63, 3.8) is 0 Å². The minimum Gasteiger partial charge on any atom is -0.472 e. The first-order valence-electron chi connectivity index (χ1n) is 6.77. The van der Waals surface area contributed by atoms with Crippen LogP contribution in [0, 0.1) is 0 Å². The van der Waals surface area contributed by atoms with Gasteiger partial charge in [0.2, 0.25) is 0 Å². The third-order valence-electron chi connectivity index (χ3n) is 3.64. The predicted molar refractivity (Wildman–Crippen MR) is 81.5 cm³/mol. The van der Waals surface area contributed by atoms with E-state index in [0.29, 0.717) is 0 Å². The number of rotatable bonds is 2. The molecular formula is C17H13N3O. The molecule has 0 bridgehead atoms. The van der Waals surface area contributed by atoms with E-state index in [1.165, 1.54) is 11.1 Å². The van der Waals surface area contributed by atoms with Crippen LogP contribution in [0.1, 0.15) is 11.1 Å². The minimum absolute atomic E-state index is 0.841. The molecule has 102 valence electrons. The maximum atomic E-state index is 5.16. The molecule has 0 unspecified atom stereocenters. The van der Waals surface area contributed by atoms with Crippen molar-refractivity contribution in [1.29, 1.82) is 0 Å². The van der Waals surface area contributed by atoms with Gasteiger partial charge < -0.3 is 9.73 Å². The van der Waals surface area contributed by atoms with Crippen LogP contribution in [-0.4, -0.2) is 9.97 Å². The Bertz CT molecular complexity index is 792. The van der Waals surface area contributed by atoms with E-state index in [1.54, 1.807) is 24.9 Å². The van der Waals surface area contributed by atoms with Gasteiger partial charge in [0.25, 0.3) is 0 Å². The second-order valence-corrected chi connectivity index (χ2v) is 4.97. The van der Waals surface area contributed by atoms with Gasteiger partial charge in [-0.1, -0.05) is 0 Å². The van der Waals surface area contributed by atoms with Crippen LogP contribution in [0.15, 0.2) is 66.0 Å². The number of pyridine rings is 2. The Balaban J connectivity index is 1.70. The molecule has 0 aliphatic carbocycles. The normalized spacial score (nSPS) is 13.2. The van der Waals surface area contributed by atoms with Crippen LogP contribution < -0.4 is 5.32 Å². The number of hydrogen-bond acceptors (Lipinski definition) is 4. The van der Waals surface area contributed by atoms with Crippen molar-refractivity contribution in [2.45, 2.75) is 6.42 Å². The molecule has 0 saturated carbocycles. The molecule has 0 fully saturated rings. The Morgan fingerprint density at radius 2 is 1.95 bits per heavy atom. The molecule has 1 aliphatic heterocycles. The highest BCUT2D eigenvalue weighted by atomic mass is 16.3. The van der Waals surface area contributed by atoms with Crippen molar-refractivity contribution in [1.82, 2.24) is 9.97 Å². The second-order valence-electron chi connectivity index (χ2n) is 4.97. The average Bonchev–Trinajstić information content (AvgIpc) is 3.09. The van der Waals surface area contributed by atoms with Crippen LogP contribution in [0.3, 0.4) is 0 Å². The number of nitrogens with one attached hydrogen (secondary N) is 1. The van der Waals surface area contributed by atoms with Gasteiger partial charge in [-0.3, -0.25) is 4.98 Å². The SMILES string of the molecule is C1=C(c2ccoc2)Cc2cc(-c3ccncc3)cnc2N1. The van der Waals surface area contributed by atoms with E-state index in [2.05, 4.69) is 21.4 Å². The van der Waals surface area contributed by atoms with Gasteiger partial charge in [0.15, 0.2) is 0 Å². The molecule has 3 aromatic rings. The van der Waals surface area contributed by atoms with Gasteiger partial charge in [0, 0.05) is 42.3 Å². The lowest BCUT2D eigenvalue weighted by Crippen LogP contribution is -2.06. The summed E-state index contributed by atoms with van der Waals surface area (Å²) in [5.74, 6) is 0.917. The quantitative estimate of drug-likeness (QED) is 0.774. The Kier molecular flexibility index (Phi) is 2.78. The molecule has 4 heterocycles. The van der Waals surface area contributed by atoms with Crippen LogP contribution in [0.4, 0.5) is 5.82 Å². The fourth-order valence-electron chi connectivity index (χ4n) is 2.52. The van der Waals surface area contributed by atoms with Gasteiger partial charge in [-0.25, -0.2) is 4.98 Å². The van der Waals surface area contributed by atoms with Gasteiger partial charge in [-0.2, -0.15) is 0 Å². The summed E-state index contributed by atoms with van der Waals surface area (Å²) in [5.41, 5.74) is 5.71. The molecule has 1 N–H and O–H groups in total. The summed E-state index contributed by atoms with van der Waals surface area (Å²) in [6.45, 7) is 0. The average molecular weight is 275 g/mol. The molecule has 0 aromatic carbocycles. The Morgan fingerprint density at radius 1 is 1.05 bits per heavy atom. The van der Waals surface area contributed by atoms with Crippen molar-refractivity contribution in [3.05, 3.63) is 72.7 Å². The highest BCUT2D eigenvalue weighted by Gasteiger charge is 2.15. The van der Waals surface area contributed by atoms with E-state index in [9.17, 15) is 0 Å². The van der Waals surface area contributed by atoms with Crippen molar-refractivity contribution < 1.29 is 4.42 Å². The number of nitrogens with zero attached hydrogens (tertiary/aromatic N) is 2. The molecule has 4 heteroatoms. The first-order chi connectivity index (χ1) is 10.4. The standard InChI is InChI=1S/C17H13N3O/c1-4-18-5-2-12(1)15-7-14-8-16(13-3-6-21-11-13)10-20-17(14)19-9-15/h1-7,9-11H,8H2,(H,19,20).